The molecule has 6 nitrogen and oxygen atoms in total. The highest BCUT2D eigenvalue weighted by Crippen LogP contribution is 2.33. The summed E-state index contributed by atoms with van der Waals surface area (Å²) in [4.78, 5) is 26.7. The van der Waals surface area contributed by atoms with E-state index in [4.69, 9.17) is 14.2 Å². The lowest BCUT2D eigenvalue weighted by Gasteiger charge is -2.31. The van der Waals surface area contributed by atoms with Gasteiger partial charge in [0.15, 0.2) is 0 Å². The maximum absolute atomic E-state index is 12.7. The average molecular weight is 474 g/mol. The predicted molar refractivity (Wildman–Crippen MR) is 135 cm³/mol. The van der Waals surface area contributed by atoms with Crippen molar-refractivity contribution in [2.45, 2.75) is 39.3 Å². The van der Waals surface area contributed by atoms with Crippen molar-refractivity contribution in [1.82, 2.24) is 0 Å². The van der Waals surface area contributed by atoms with Gasteiger partial charge >= 0.3 is 11.9 Å². The summed E-state index contributed by atoms with van der Waals surface area (Å²) in [5.41, 5.74) is 4.73. The molecular formula is C29H31NO5. The number of hydrogen-bond donors (Lipinski definition) is 0. The molecule has 0 aliphatic carbocycles. The monoisotopic (exact) mass is 473 g/mol. The molecule has 0 saturated heterocycles. The highest BCUT2D eigenvalue weighted by molar-refractivity contribution is 5.91. The Morgan fingerprint density at radius 1 is 0.943 bits per heavy atom. The molecule has 1 aliphatic rings. The third-order valence-electron chi connectivity index (χ3n) is 5.77. The molecule has 0 unspecified atom stereocenters. The maximum Gasteiger partial charge on any atom is 0.338 e. The molecule has 0 aromatic heterocycles. The highest BCUT2D eigenvalue weighted by atomic mass is 16.6. The van der Waals surface area contributed by atoms with Gasteiger partial charge in [-0.25, -0.2) is 9.59 Å². The van der Waals surface area contributed by atoms with Crippen LogP contribution in [0.1, 0.15) is 58.2 Å². The van der Waals surface area contributed by atoms with Gasteiger partial charge in [0.1, 0.15) is 18.0 Å². The summed E-state index contributed by atoms with van der Waals surface area (Å²) in [6.45, 7) is 7.65. The quantitative estimate of drug-likeness (QED) is 0.446. The van der Waals surface area contributed by atoms with Gasteiger partial charge in [-0.1, -0.05) is 42.5 Å². The molecule has 0 spiro atoms. The molecule has 3 aromatic carbocycles. The molecule has 3 aromatic rings. The van der Waals surface area contributed by atoms with Crippen LogP contribution in [-0.4, -0.2) is 37.8 Å². The van der Waals surface area contributed by atoms with Crippen LogP contribution < -0.4 is 9.64 Å². The molecule has 0 saturated carbocycles. The van der Waals surface area contributed by atoms with Crippen molar-refractivity contribution in [3.05, 3.63) is 94.5 Å². The fourth-order valence-electron chi connectivity index (χ4n) is 4.10. The molecule has 0 fully saturated rings. The summed E-state index contributed by atoms with van der Waals surface area (Å²) in [5.74, 6) is 0.0120. The Labute approximate surface area is 206 Å². The lowest BCUT2D eigenvalue weighted by molar-refractivity contribution is 0.00683. The highest BCUT2D eigenvalue weighted by Gasteiger charge is 2.21. The molecule has 6 heteroatoms. The predicted octanol–water partition coefficient (Wildman–Crippen LogP) is 5.42. The zero-order valence-electron chi connectivity index (χ0n) is 20.7. The first-order chi connectivity index (χ1) is 16.7. The summed E-state index contributed by atoms with van der Waals surface area (Å²) in [6, 6.07) is 21.4. The maximum atomic E-state index is 12.7. The third-order valence-corrected chi connectivity index (χ3v) is 5.77. The van der Waals surface area contributed by atoms with Gasteiger partial charge in [-0.2, -0.15) is 0 Å². The van der Waals surface area contributed by atoms with Crippen LogP contribution in [0.4, 0.5) is 5.69 Å². The number of benzene rings is 3. The van der Waals surface area contributed by atoms with Gasteiger partial charge in [0.05, 0.1) is 30.5 Å². The number of anilines is 1. The fraction of sp³-hybridized carbons (Fsp3) is 0.310. The zero-order chi connectivity index (χ0) is 25.0. The number of methoxy groups -OCH3 is 1. The second kappa shape index (κ2) is 10.2. The van der Waals surface area contributed by atoms with E-state index < -0.39 is 5.60 Å². The second-order valence-corrected chi connectivity index (χ2v) is 9.60. The SMILES string of the molecule is COC(=O)c1ccc2c(c1)OCCN2Cc1ccc(Cc2ccccc2C(=O)OC(C)(C)C)cc1. The van der Waals surface area contributed by atoms with Crippen molar-refractivity contribution in [3.8, 4) is 5.75 Å². The van der Waals surface area contributed by atoms with E-state index in [1.165, 1.54) is 12.7 Å². The minimum Gasteiger partial charge on any atom is -0.490 e. The fourth-order valence-corrected chi connectivity index (χ4v) is 4.10. The Hall–Kier alpha value is -3.80. The first kappa shape index (κ1) is 24.3. The van der Waals surface area contributed by atoms with Crippen LogP contribution in [0.3, 0.4) is 0 Å². The molecule has 4 rings (SSSR count). The minimum atomic E-state index is -0.537. The van der Waals surface area contributed by atoms with Gasteiger partial charge < -0.3 is 19.1 Å². The Bertz CT molecular complexity index is 1210. The van der Waals surface area contributed by atoms with E-state index in [0.29, 0.717) is 29.9 Å². The third kappa shape index (κ3) is 6.01. The van der Waals surface area contributed by atoms with Crippen molar-refractivity contribution in [1.29, 1.82) is 0 Å². The standard InChI is InChI=1S/C29H31NO5/c1-29(2,3)35-28(32)24-8-6-5-7-22(24)17-20-9-11-21(12-10-20)19-30-15-16-34-26-18-23(27(31)33-4)13-14-25(26)30/h5-14,18H,15-17,19H2,1-4H3. The molecule has 1 aliphatic heterocycles. The smallest absolute Gasteiger partial charge is 0.338 e. The van der Waals surface area contributed by atoms with Crippen molar-refractivity contribution in [2.75, 3.05) is 25.2 Å². The molecule has 0 bridgehead atoms. The molecule has 0 amide bonds. The van der Waals surface area contributed by atoms with Crippen molar-refractivity contribution in [3.63, 3.8) is 0 Å². The van der Waals surface area contributed by atoms with Crippen LogP contribution in [-0.2, 0) is 22.4 Å². The Morgan fingerprint density at radius 3 is 2.37 bits per heavy atom. The summed E-state index contributed by atoms with van der Waals surface area (Å²) in [5, 5.41) is 0. The van der Waals surface area contributed by atoms with E-state index in [0.717, 1.165) is 29.9 Å². The average Bonchev–Trinajstić information content (AvgIpc) is 2.84. The topological polar surface area (TPSA) is 65.1 Å². The molecular weight excluding hydrogens is 442 g/mol. The van der Waals surface area contributed by atoms with E-state index >= 15 is 0 Å². The Morgan fingerprint density at radius 2 is 1.66 bits per heavy atom. The molecule has 182 valence electrons. The molecule has 0 atom stereocenters. The summed E-state index contributed by atoms with van der Waals surface area (Å²) < 4.78 is 16.2. The number of ether oxygens (including phenoxy) is 3. The molecule has 0 N–H and O–H groups in total. The van der Waals surface area contributed by atoms with Crippen LogP contribution in [0.25, 0.3) is 0 Å². The van der Waals surface area contributed by atoms with Crippen molar-refractivity contribution in [2.24, 2.45) is 0 Å². The van der Waals surface area contributed by atoms with Crippen LogP contribution in [0.2, 0.25) is 0 Å². The van der Waals surface area contributed by atoms with Crippen molar-refractivity contribution < 1.29 is 23.8 Å². The van der Waals surface area contributed by atoms with E-state index in [-0.39, 0.29) is 11.9 Å². The molecule has 35 heavy (non-hydrogen) atoms. The number of hydrogen-bond acceptors (Lipinski definition) is 6. The normalized spacial score (nSPS) is 13.0. The van der Waals surface area contributed by atoms with Crippen LogP contribution in [0, 0.1) is 0 Å². The van der Waals surface area contributed by atoms with Gasteiger partial charge in [0, 0.05) is 6.54 Å². The second-order valence-electron chi connectivity index (χ2n) is 9.60. The van der Waals surface area contributed by atoms with E-state index in [1.54, 1.807) is 12.1 Å². The lowest BCUT2D eigenvalue weighted by atomic mass is 9.98. The Kier molecular flexibility index (Phi) is 7.10. The van der Waals surface area contributed by atoms with Gasteiger partial charge in [-0.3, -0.25) is 0 Å². The zero-order valence-corrected chi connectivity index (χ0v) is 20.7. The molecule has 0 radical (unpaired) electrons. The van der Waals surface area contributed by atoms with Gasteiger partial charge in [-0.15, -0.1) is 0 Å². The number of carbonyl (C=O) groups excluding carboxylic acids is 2. The Balaban J connectivity index is 1.46. The van der Waals surface area contributed by atoms with Crippen molar-refractivity contribution >= 4 is 17.6 Å². The number of rotatable bonds is 6. The molecule has 1 heterocycles. The summed E-state index contributed by atoms with van der Waals surface area (Å²) in [6.07, 6.45) is 0.645. The van der Waals surface area contributed by atoms with Gasteiger partial charge in [-0.05, 0) is 68.1 Å². The van der Waals surface area contributed by atoms with E-state index in [1.807, 2.05) is 51.1 Å². The summed E-state index contributed by atoms with van der Waals surface area (Å²) >= 11 is 0. The number of carbonyl (C=O) groups is 2. The largest absolute Gasteiger partial charge is 0.490 e. The van der Waals surface area contributed by atoms with E-state index in [2.05, 4.69) is 29.2 Å². The lowest BCUT2D eigenvalue weighted by Crippen LogP contribution is -2.32. The van der Waals surface area contributed by atoms with Crippen LogP contribution in [0.15, 0.2) is 66.7 Å². The number of nitrogens with zero attached hydrogens (tertiary/aromatic N) is 1. The first-order valence-corrected chi connectivity index (χ1v) is 11.7. The van der Waals surface area contributed by atoms with Crippen LogP contribution in [0.5, 0.6) is 5.75 Å². The van der Waals surface area contributed by atoms with Gasteiger partial charge in [0.2, 0.25) is 0 Å². The van der Waals surface area contributed by atoms with Crippen LogP contribution >= 0.6 is 0 Å². The van der Waals surface area contributed by atoms with Gasteiger partial charge in [0.25, 0.3) is 0 Å². The number of esters is 2. The summed E-state index contributed by atoms with van der Waals surface area (Å²) in [7, 11) is 1.37. The van der Waals surface area contributed by atoms with E-state index in [9.17, 15) is 9.59 Å². The first-order valence-electron chi connectivity index (χ1n) is 11.7. The minimum absolute atomic E-state index is 0.300. The number of fused-ring (bicyclic) bond motifs is 1.